The van der Waals surface area contributed by atoms with Gasteiger partial charge in [0.15, 0.2) is 5.96 Å². The smallest absolute Gasteiger partial charge is 0.325 e. The lowest BCUT2D eigenvalue weighted by Gasteiger charge is -2.32. The SMILES string of the molecule is CC[C@H](C)[C@H](NC(=O)[C@H](CO)NC(=O)[C@H](CCCN=C(N)N)NC(=O)[C@H](CC(C)C)NC(=O)[C@H](CC(C)C)NC(=O)[C@H](C)NC(=O)[C@H](CO)NC(=O)CNC(=O)CNC(=O)CNC(=O)[C@@H](N)CC(C)C)C(=O)N1CCC[C@H]1C(=O)N[C@@H](C)C(=O)O. The Morgan fingerprint density at radius 1 is 0.541 bits per heavy atom. The molecule has 0 aliphatic carbocycles. The number of rotatable bonds is 38. The Morgan fingerprint density at radius 3 is 1.51 bits per heavy atom. The van der Waals surface area contributed by atoms with Crippen LogP contribution in [0.3, 0.4) is 0 Å². The third-order valence-electron chi connectivity index (χ3n) is 13.4. The Labute approximate surface area is 495 Å². The molecule has 11 atom stereocenters. The van der Waals surface area contributed by atoms with E-state index in [0.29, 0.717) is 19.3 Å². The minimum Gasteiger partial charge on any atom is -0.480 e. The topological polar surface area (TPSA) is 509 Å². The van der Waals surface area contributed by atoms with Gasteiger partial charge in [0.2, 0.25) is 70.9 Å². The van der Waals surface area contributed by atoms with Crippen molar-refractivity contribution in [2.75, 3.05) is 45.9 Å². The molecule has 32 heteroatoms. The number of carbonyl (C=O) groups excluding carboxylic acids is 12. The number of aliphatic hydroxyl groups excluding tert-OH is 2. The lowest BCUT2D eigenvalue weighted by atomic mass is 9.96. The summed E-state index contributed by atoms with van der Waals surface area (Å²) in [7, 11) is 0. The first-order valence-corrected chi connectivity index (χ1v) is 28.6. The van der Waals surface area contributed by atoms with Gasteiger partial charge in [0, 0.05) is 13.1 Å². The number of guanidine groups is 1. The first-order chi connectivity index (χ1) is 39.8. The molecule has 1 rings (SSSR count). The van der Waals surface area contributed by atoms with Crippen LogP contribution in [0.4, 0.5) is 0 Å². The first kappa shape index (κ1) is 75.3. The maximum absolute atomic E-state index is 14.2. The molecule has 0 aromatic heterocycles. The number of carbonyl (C=O) groups is 13. The maximum Gasteiger partial charge on any atom is 0.325 e. The van der Waals surface area contributed by atoms with Crippen molar-refractivity contribution in [3.05, 3.63) is 0 Å². The van der Waals surface area contributed by atoms with Gasteiger partial charge in [0.25, 0.3) is 0 Å². The summed E-state index contributed by atoms with van der Waals surface area (Å²) >= 11 is 0. The second kappa shape index (κ2) is 38.3. The van der Waals surface area contributed by atoms with Crippen LogP contribution in [0.2, 0.25) is 0 Å². The molecule has 32 nitrogen and oxygen atoms in total. The molecule has 0 radical (unpaired) electrons. The fourth-order valence-electron chi connectivity index (χ4n) is 8.49. The maximum atomic E-state index is 14.2. The number of likely N-dealkylation sites (tertiary alicyclic amines) is 1. The number of nitrogens with zero attached hydrogens (tertiary/aromatic N) is 2. The van der Waals surface area contributed by atoms with Gasteiger partial charge in [0.05, 0.1) is 38.9 Å². The molecule has 0 unspecified atom stereocenters. The van der Waals surface area contributed by atoms with Gasteiger partial charge in [-0.1, -0.05) is 61.8 Å². The van der Waals surface area contributed by atoms with E-state index in [2.05, 4.69) is 63.5 Å². The van der Waals surface area contributed by atoms with Crippen molar-refractivity contribution in [2.45, 2.75) is 181 Å². The predicted octanol–water partition coefficient (Wildman–Crippen LogP) is -6.12. The van der Waals surface area contributed by atoms with E-state index < -0.39 is 176 Å². The van der Waals surface area contributed by atoms with E-state index in [4.69, 9.17) is 17.2 Å². The third kappa shape index (κ3) is 28.1. The molecule has 482 valence electrons. The number of amides is 12. The van der Waals surface area contributed by atoms with Crippen LogP contribution in [0.15, 0.2) is 4.99 Å². The molecule has 20 N–H and O–H groups in total. The lowest BCUT2D eigenvalue weighted by Crippen LogP contribution is -2.61. The summed E-state index contributed by atoms with van der Waals surface area (Å²) in [5, 5.41) is 56.3. The summed E-state index contributed by atoms with van der Waals surface area (Å²) in [6.07, 6.45) is 1.38. The van der Waals surface area contributed by atoms with Crippen LogP contribution in [0.5, 0.6) is 0 Å². The molecular formula is C53H94N16O16. The van der Waals surface area contributed by atoms with Crippen molar-refractivity contribution in [3.63, 3.8) is 0 Å². The molecule has 85 heavy (non-hydrogen) atoms. The predicted molar refractivity (Wildman–Crippen MR) is 308 cm³/mol. The number of carboxylic acids is 1. The highest BCUT2D eigenvalue weighted by Gasteiger charge is 2.41. The first-order valence-electron chi connectivity index (χ1n) is 28.6. The molecule has 0 saturated carbocycles. The largest absolute Gasteiger partial charge is 0.480 e. The number of aliphatic carboxylic acids is 1. The van der Waals surface area contributed by atoms with Crippen molar-refractivity contribution in [1.82, 2.24) is 63.4 Å². The molecule has 1 fully saturated rings. The van der Waals surface area contributed by atoms with Gasteiger partial charge >= 0.3 is 5.97 Å². The van der Waals surface area contributed by atoms with Crippen molar-refractivity contribution in [3.8, 4) is 0 Å². The summed E-state index contributed by atoms with van der Waals surface area (Å²) in [6, 6.07) is -13.1. The number of hydrogen-bond acceptors (Lipinski definition) is 17. The molecule has 0 aromatic carbocycles. The van der Waals surface area contributed by atoms with Crippen LogP contribution >= 0.6 is 0 Å². The minimum absolute atomic E-state index is 0.00359. The fourth-order valence-corrected chi connectivity index (χ4v) is 8.49. The molecule has 1 aliphatic rings. The number of hydrogen-bond donors (Lipinski definition) is 17. The van der Waals surface area contributed by atoms with Crippen LogP contribution in [-0.4, -0.2) is 209 Å². The van der Waals surface area contributed by atoms with E-state index in [1.165, 1.54) is 18.7 Å². The highest BCUT2D eigenvalue weighted by atomic mass is 16.4. The normalized spacial score (nSPS) is 16.5. The van der Waals surface area contributed by atoms with E-state index in [0.717, 1.165) is 0 Å². The van der Waals surface area contributed by atoms with E-state index >= 15 is 0 Å². The van der Waals surface area contributed by atoms with Gasteiger partial charge < -0.3 is 95.9 Å². The summed E-state index contributed by atoms with van der Waals surface area (Å²) in [4.78, 5) is 176. The van der Waals surface area contributed by atoms with E-state index in [-0.39, 0.29) is 68.9 Å². The Kier molecular flexibility index (Phi) is 33.9. The van der Waals surface area contributed by atoms with Gasteiger partial charge in [-0.2, -0.15) is 0 Å². The molecule has 0 aromatic rings. The summed E-state index contributed by atoms with van der Waals surface area (Å²) in [5.41, 5.74) is 16.8. The van der Waals surface area contributed by atoms with Gasteiger partial charge in [-0.05, 0) is 82.5 Å². The number of carboxylic acid groups (broad SMARTS) is 1. The van der Waals surface area contributed by atoms with Crippen molar-refractivity contribution < 1.29 is 77.6 Å². The second-order valence-corrected chi connectivity index (χ2v) is 22.3. The highest BCUT2D eigenvalue weighted by Crippen LogP contribution is 2.22. The highest BCUT2D eigenvalue weighted by molar-refractivity contribution is 5.99. The van der Waals surface area contributed by atoms with Crippen molar-refractivity contribution >= 4 is 82.8 Å². The Bertz CT molecular complexity index is 2340. The van der Waals surface area contributed by atoms with Crippen molar-refractivity contribution in [2.24, 2.45) is 45.9 Å². The zero-order valence-corrected chi connectivity index (χ0v) is 50.5. The number of aliphatic hydroxyl groups is 2. The van der Waals surface area contributed by atoms with E-state index in [1.807, 2.05) is 13.8 Å². The van der Waals surface area contributed by atoms with Crippen molar-refractivity contribution in [1.29, 1.82) is 0 Å². The van der Waals surface area contributed by atoms with Gasteiger partial charge in [-0.3, -0.25) is 67.3 Å². The summed E-state index contributed by atoms with van der Waals surface area (Å²) in [5.74, 6) is -12.3. The standard InChI is InChI=1S/C53H94N16O16/c1-11-29(8)42(51(83)69-17-13-15-38(69)50(82)62-31(10)52(84)85)68-49(81)37(25-71)67-45(77)33(14-12-16-57-53(55)56)64-46(78)35(20-28(6)7)66-47(79)34(19-27(4)5)65-43(75)30(9)61-48(80)36(24-70)63-41(74)23-59-39(72)21-58-40(73)22-60-44(76)32(54)18-26(2)3/h26-38,42,70-71H,11-25,54H2,1-10H3,(H,58,73)(H,59,72)(H,60,76)(H,61,80)(H,62,82)(H,63,74)(H,64,78)(H,65,75)(H,66,79)(H,67,77)(H,68,81)(H,84,85)(H4,55,56,57)/t29-,30-,31-,32-,33-,34-,35-,36-,37-,38-,42-/m0/s1. The average molecular weight is 1210 g/mol. The Hall–Kier alpha value is -7.74. The summed E-state index contributed by atoms with van der Waals surface area (Å²) < 4.78 is 0. The Balaban J connectivity index is 3.18. The molecule has 0 bridgehead atoms. The summed E-state index contributed by atoms with van der Waals surface area (Å²) in [6.45, 7) is 13.2. The molecular weight excluding hydrogens is 1120 g/mol. The molecule has 1 heterocycles. The zero-order chi connectivity index (χ0) is 64.8. The lowest BCUT2D eigenvalue weighted by molar-refractivity contribution is -0.145. The van der Waals surface area contributed by atoms with Crippen LogP contribution in [0.25, 0.3) is 0 Å². The van der Waals surface area contributed by atoms with E-state index in [9.17, 15) is 77.6 Å². The van der Waals surface area contributed by atoms with Gasteiger partial charge in [-0.15, -0.1) is 0 Å². The number of nitrogens with one attached hydrogen (secondary N) is 11. The fraction of sp³-hybridized carbons (Fsp3) is 0.736. The van der Waals surface area contributed by atoms with Crippen LogP contribution in [-0.2, 0) is 62.3 Å². The Morgan fingerprint density at radius 2 is 1.00 bits per heavy atom. The third-order valence-corrected chi connectivity index (χ3v) is 13.4. The van der Waals surface area contributed by atoms with Crippen LogP contribution < -0.4 is 75.7 Å². The monoisotopic (exact) mass is 1210 g/mol. The quantitative estimate of drug-likeness (QED) is 0.0155. The second-order valence-electron chi connectivity index (χ2n) is 22.3. The van der Waals surface area contributed by atoms with Gasteiger partial charge in [-0.25, -0.2) is 0 Å². The number of nitrogens with two attached hydrogens (primary N) is 3. The average Bonchev–Trinajstić information content (AvgIpc) is 3.95. The molecule has 1 saturated heterocycles. The molecule has 1 aliphatic heterocycles. The van der Waals surface area contributed by atoms with Gasteiger partial charge in [0.1, 0.15) is 54.4 Å². The van der Waals surface area contributed by atoms with E-state index in [1.54, 1.807) is 41.5 Å². The minimum atomic E-state index is -1.69. The molecule has 0 spiro atoms. The van der Waals surface area contributed by atoms with Crippen LogP contribution in [0, 0.1) is 23.7 Å². The zero-order valence-electron chi connectivity index (χ0n) is 50.5. The molecule has 12 amide bonds. The number of aliphatic imine (C=N–C) groups is 1. The van der Waals surface area contributed by atoms with Crippen LogP contribution in [0.1, 0.15) is 121 Å².